The highest BCUT2D eigenvalue weighted by Gasteiger charge is 2.27. The number of ether oxygens (including phenoxy) is 1. The highest BCUT2D eigenvalue weighted by molar-refractivity contribution is 5.38. The van der Waals surface area contributed by atoms with Gasteiger partial charge >= 0.3 is 0 Å². The van der Waals surface area contributed by atoms with Crippen molar-refractivity contribution in [2.24, 2.45) is 11.3 Å². The van der Waals surface area contributed by atoms with Gasteiger partial charge in [-0.2, -0.15) is 0 Å². The zero-order chi connectivity index (χ0) is 13.3. The Morgan fingerprint density at radius 3 is 2.44 bits per heavy atom. The Hall–Kier alpha value is -1.44. The highest BCUT2D eigenvalue weighted by atomic mass is 16.5. The van der Waals surface area contributed by atoms with E-state index in [9.17, 15) is 0 Å². The SMILES string of the molecule is CC(C)C1=C(C(C)(C)C)NCc2ccccc2O1. The smallest absolute Gasteiger partial charge is 0.132 e. The lowest BCUT2D eigenvalue weighted by Gasteiger charge is -2.27. The molecule has 0 saturated carbocycles. The Bertz CT molecular complexity index is 466. The van der Waals surface area contributed by atoms with Crippen LogP contribution in [0.25, 0.3) is 0 Å². The van der Waals surface area contributed by atoms with Crippen molar-refractivity contribution in [3.63, 3.8) is 0 Å². The largest absolute Gasteiger partial charge is 0.459 e. The number of allylic oxidation sites excluding steroid dienone is 2. The van der Waals surface area contributed by atoms with E-state index in [1.807, 2.05) is 12.1 Å². The summed E-state index contributed by atoms with van der Waals surface area (Å²) < 4.78 is 6.17. The minimum atomic E-state index is 0.0711. The molecule has 1 heterocycles. The number of fused-ring (bicyclic) bond motifs is 1. The van der Waals surface area contributed by atoms with Crippen LogP contribution in [0.5, 0.6) is 5.75 Å². The van der Waals surface area contributed by atoms with E-state index in [0.29, 0.717) is 5.92 Å². The zero-order valence-electron chi connectivity index (χ0n) is 12.0. The summed E-state index contributed by atoms with van der Waals surface area (Å²) in [6.45, 7) is 11.8. The Morgan fingerprint density at radius 2 is 1.83 bits per heavy atom. The Balaban J connectivity index is 2.46. The van der Waals surface area contributed by atoms with Gasteiger partial charge in [-0.25, -0.2) is 0 Å². The van der Waals surface area contributed by atoms with Gasteiger partial charge in [0.1, 0.15) is 11.5 Å². The first kappa shape index (κ1) is 13.0. The third-order valence-electron chi connectivity index (χ3n) is 3.17. The number of benzene rings is 1. The van der Waals surface area contributed by atoms with E-state index in [4.69, 9.17) is 4.74 Å². The predicted molar refractivity (Wildman–Crippen MR) is 75.2 cm³/mol. The first-order valence-corrected chi connectivity index (χ1v) is 6.64. The summed E-state index contributed by atoms with van der Waals surface area (Å²) in [5.41, 5.74) is 2.50. The second kappa shape index (κ2) is 4.68. The molecule has 0 radical (unpaired) electrons. The van der Waals surface area contributed by atoms with E-state index in [2.05, 4.69) is 52.1 Å². The van der Waals surface area contributed by atoms with Crippen LogP contribution in [0.15, 0.2) is 35.7 Å². The normalized spacial score (nSPS) is 15.9. The summed E-state index contributed by atoms with van der Waals surface area (Å²) in [4.78, 5) is 0. The molecule has 1 aromatic carbocycles. The van der Waals surface area contributed by atoms with Crippen molar-refractivity contribution < 1.29 is 4.74 Å². The van der Waals surface area contributed by atoms with Gasteiger partial charge in [-0.3, -0.25) is 0 Å². The molecular formula is C16H23NO. The molecule has 2 rings (SSSR count). The second-order valence-electron chi connectivity index (χ2n) is 6.21. The topological polar surface area (TPSA) is 21.3 Å². The van der Waals surface area contributed by atoms with Gasteiger partial charge in [0.15, 0.2) is 0 Å². The summed E-state index contributed by atoms with van der Waals surface area (Å²) in [6, 6.07) is 8.25. The van der Waals surface area contributed by atoms with Crippen molar-refractivity contribution >= 4 is 0 Å². The molecule has 0 amide bonds. The third kappa shape index (κ3) is 2.53. The average Bonchev–Trinajstić information content (AvgIpc) is 2.47. The maximum atomic E-state index is 6.17. The molecule has 1 aliphatic heterocycles. The molecule has 18 heavy (non-hydrogen) atoms. The molecule has 0 fully saturated rings. The van der Waals surface area contributed by atoms with Crippen molar-refractivity contribution in [2.75, 3.05) is 0 Å². The number of rotatable bonds is 1. The van der Waals surface area contributed by atoms with Gasteiger partial charge in [-0.05, 0) is 6.07 Å². The van der Waals surface area contributed by atoms with Crippen LogP contribution in [0, 0.1) is 11.3 Å². The first-order valence-electron chi connectivity index (χ1n) is 6.64. The van der Waals surface area contributed by atoms with Gasteiger partial charge in [0.2, 0.25) is 0 Å². The lowest BCUT2D eigenvalue weighted by atomic mass is 9.88. The Morgan fingerprint density at radius 1 is 1.17 bits per heavy atom. The van der Waals surface area contributed by atoms with Crippen LogP contribution in [0.2, 0.25) is 0 Å². The number of hydrogen-bond donors (Lipinski definition) is 1. The van der Waals surface area contributed by atoms with Gasteiger partial charge in [0.05, 0.1) is 5.70 Å². The molecule has 1 N–H and O–H groups in total. The number of hydrogen-bond acceptors (Lipinski definition) is 2. The molecule has 0 unspecified atom stereocenters. The van der Waals surface area contributed by atoms with Crippen LogP contribution < -0.4 is 10.1 Å². The van der Waals surface area contributed by atoms with Crippen LogP contribution in [-0.4, -0.2) is 0 Å². The molecule has 1 aromatic rings. The van der Waals surface area contributed by atoms with E-state index in [-0.39, 0.29) is 5.41 Å². The minimum absolute atomic E-state index is 0.0711. The molecule has 98 valence electrons. The summed E-state index contributed by atoms with van der Waals surface area (Å²) in [5.74, 6) is 2.42. The van der Waals surface area contributed by atoms with Crippen molar-refractivity contribution in [3.05, 3.63) is 41.3 Å². The van der Waals surface area contributed by atoms with Crippen LogP contribution in [0.1, 0.15) is 40.2 Å². The summed E-state index contributed by atoms with van der Waals surface area (Å²) in [7, 11) is 0. The number of nitrogens with one attached hydrogen (secondary N) is 1. The van der Waals surface area contributed by atoms with Gasteiger partial charge in [-0.15, -0.1) is 0 Å². The Labute approximate surface area is 110 Å². The molecule has 2 heteroatoms. The fraction of sp³-hybridized carbons (Fsp3) is 0.500. The quantitative estimate of drug-likeness (QED) is 0.805. The van der Waals surface area contributed by atoms with Gasteiger partial charge in [0.25, 0.3) is 0 Å². The summed E-state index contributed by atoms with van der Waals surface area (Å²) in [6.07, 6.45) is 0. The van der Waals surface area contributed by atoms with Crippen molar-refractivity contribution in [1.82, 2.24) is 5.32 Å². The van der Waals surface area contributed by atoms with Crippen LogP contribution in [0.3, 0.4) is 0 Å². The lowest BCUT2D eigenvalue weighted by molar-refractivity contribution is 0.333. The van der Waals surface area contributed by atoms with Crippen molar-refractivity contribution in [1.29, 1.82) is 0 Å². The highest BCUT2D eigenvalue weighted by Crippen LogP contribution is 2.34. The van der Waals surface area contributed by atoms with Gasteiger partial charge in [-0.1, -0.05) is 52.8 Å². The fourth-order valence-electron chi connectivity index (χ4n) is 2.23. The lowest BCUT2D eigenvalue weighted by Crippen LogP contribution is -2.27. The molecular weight excluding hydrogens is 222 g/mol. The maximum absolute atomic E-state index is 6.17. The monoisotopic (exact) mass is 245 g/mol. The maximum Gasteiger partial charge on any atom is 0.132 e. The molecule has 0 aliphatic carbocycles. The average molecular weight is 245 g/mol. The molecule has 0 saturated heterocycles. The van der Waals surface area contributed by atoms with Crippen molar-refractivity contribution in [3.8, 4) is 5.75 Å². The first-order chi connectivity index (χ1) is 8.39. The van der Waals surface area contributed by atoms with Crippen molar-refractivity contribution in [2.45, 2.75) is 41.2 Å². The molecule has 2 nitrogen and oxygen atoms in total. The summed E-state index contributed by atoms with van der Waals surface area (Å²) >= 11 is 0. The molecule has 0 spiro atoms. The predicted octanol–water partition coefficient (Wildman–Crippen LogP) is 4.08. The van der Waals surface area contributed by atoms with Crippen LogP contribution in [0.4, 0.5) is 0 Å². The fourth-order valence-corrected chi connectivity index (χ4v) is 2.23. The van der Waals surface area contributed by atoms with Gasteiger partial charge in [0, 0.05) is 23.4 Å². The third-order valence-corrected chi connectivity index (χ3v) is 3.17. The summed E-state index contributed by atoms with van der Waals surface area (Å²) in [5, 5.41) is 3.56. The van der Waals surface area contributed by atoms with Gasteiger partial charge < -0.3 is 10.1 Å². The van der Waals surface area contributed by atoms with E-state index in [1.54, 1.807) is 0 Å². The molecule has 1 aliphatic rings. The second-order valence-corrected chi connectivity index (χ2v) is 6.21. The Kier molecular flexibility index (Phi) is 3.38. The molecule has 0 aromatic heterocycles. The van der Waals surface area contributed by atoms with E-state index < -0.39 is 0 Å². The standard InChI is InChI=1S/C16H23NO/c1-11(2)14-15(16(3,4)5)17-10-12-8-6-7-9-13(12)18-14/h6-9,11,17H,10H2,1-5H3. The number of para-hydroxylation sites is 1. The van der Waals surface area contributed by atoms with E-state index in [1.165, 1.54) is 11.3 Å². The van der Waals surface area contributed by atoms with E-state index >= 15 is 0 Å². The molecule has 0 atom stereocenters. The minimum Gasteiger partial charge on any atom is -0.459 e. The van der Waals surface area contributed by atoms with Crippen LogP contribution in [-0.2, 0) is 6.54 Å². The zero-order valence-corrected chi connectivity index (χ0v) is 12.0. The molecule has 0 bridgehead atoms. The van der Waals surface area contributed by atoms with E-state index in [0.717, 1.165) is 18.1 Å². The van der Waals surface area contributed by atoms with Crippen LogP contribution >= 0.6 is 0 Å².